The number of rotatable bonds is 6. The van der Waals surface area contributed by atoms with Crippen LogP contribution in [0.15, 0.2) is 41.3 Å². The molecule has 0 spiro atoms. The Morgan fingerprint density at radius 1 is 1.00 bits per heavy atom. The molecule has 0 aliphatic carbocycles. The molecule has 0 saturated carbocycles. The minimum Gasteiger partial charge on any atom is -0.326 e. The topological polar surface area (TPSA) is 153 Å². The first kappa shape index (κ1) is 23.3. The molecule has 170 valence electrons. The second kappa shape index (κ2) is 9.01. The molecule has 3 rings (SSSR count). The van der Waals surface area contributed by atoms with Gasteiger partial charge in [0, 0.05) is 48.5 Å². The lowest BCUT2D eigenvalue weighted by Crippen LogP contribution is -2.41. The summed E-state index contributed by atoms with van der Waals surface area (Å²) >= 11 is 0. The Bertz CT molecular complexity index is 1190. The van der Waals surface area contributed by atoms with Crippen molar-refractivity contribution in [2.24, 2.45) is 5.92 Å². The molecule has 32 heavy (non-hydrogen) atoms. The summed E-state index contributed by atoms with van der Waals surface area (Å²) in [4.78, 5) is 33.4. The number of hydrogen-bond donors (Lipinski definition) is 1. The summed E-state index contributed by atoms with van der Waals surface area (Å²) in [6.07, 6.45) is 0.514. The molecule has 0 unspecified atom stereocenters. The Kier molecular flexibility index (Phi) is 6.55. The molecule has 1 aliphatic rings. The van der Waals surface area contributed by atoms with Crippen LogP contribution in [0.1, 0.15) is 24.0 Å². The summed E-state index contributed by atoms with van der Waals surface area (Å²) in [5.41, 5.74) is 0.764. The normalized spacial score (nSPS) is 15.3. The first-order valence-electron chi connectivity index (χ1n) is 9.82. The zero-order valence-corrected chi connectivity index (χ0v) is 18.3. The van der Waals surface area contributed by atoms with Crippen LogP contribution < -0.4 is 5.32 Å². The monoisotopic (exact) mass is 462 g/mol. The third-order valence-electron chi connectivity index (χ3n) is 5.50. The molecule has 1 fully saturated rings. The molecular weight excluding hydrogens is 440 g/mol. The summed E-state index contributed by atoms with van der Waals surface area (Å²) in [6.45, 7) is 3.33. The van der Waals surface area contributed by atoms with Crippen LogP contribution in [0.3, 0.4) is 0 Å². The highest BCUT2D eigenvalue weighted by Gasteiger charge is 2.33. The predicted octanol–water partition coefficient (Wildman–Crippen LogP) is 3.16. The molecule has 1 amide bonds. The quantitative estimate of drug-likeness (QED) is 0.511. The maximum Gasteiger partial charge on any atom is 0.274 e. The Labute approximate surface area is 184 Å². The van der Waals surface area contributed by atoms with Crippen molar-refractivity contribution >= 4 is 33.0 Å². The number of sulfonamides is 1. The van der Waals surface area contributed by atoms with Gasteiger partial charge in [-0.2, -0.15) is 4.31 Å². The van der Waals surface area contributed by atoms with Crippen LogP contribution in [0, 0.1) is 40.0 Å². The molecule has 0 aromatic heterocycles. The van der Waals surface area contributed by atoms with Crippen molar-refractivity contribution in [3.05, 3.63) is 67.8 Å². The number of benzene rings is 2. The number of amides is 1. The summed E-state index contributed by atoms with van der Waals surface area (Å²) in [5, 5.41) is 24.8. The zero-order valence-electron chi connectivity index (χ0n) is 17.5. The van der Waals surface area contributed by atoms with Gasteiger partial charge in [-0.25, -0.2) is 8.42 Å². The van der Waals surface area contributed by atoms with Gasteiger partial charge in [-0.3, -0.25) is 25.0 Å². The number of anilines is 1. The highest BCUT2D eigenvalue weighted by atomic mass is 32.2. The van der Waals surface area contributed by atoms with Crippen molar-refractivity contribution in [2.75, 3.05) is 18.4 Å². The zero-order chi connectivity index (χ0) is 23.6. The van der Waals surface area contributed by atoms with E-state index in [1.165, 1.54) is 22.5 Å². The number of nitrogens with zero attached hydrogens (tertiary/aromatic N) is 3. The standard InChI is InChI=1S/C20H22N4O7S/c1-13-3-5-16(11-18(13)24(28)29)21-20(25)15-7-9-22(10-8-15)32(30,31)19-12-17(23(26)27)6-4-14(19)2/h3-6,11-12,15H,7-10H2,1-2H3,(H,21,25). The number of non-ortho nitro benzene ring substituents is 1. The average Bonchev–Trinajstić information content (AvgIpc) is 2.75. The lowest BCUT2D eigenvalue weighted by molar-refractivity contribution is -0.385. The van der Waals surface area contributed by atoms with E-state index < -0.39 is 25.8 Å². The van der Waals surface area contributed by atoms with E-state index in [1.807, 2.05) is 0 Å². The molecule has 0 radical (unpaired) electrons. The Morgan fingerprint density at radius 2 is 1.62 bits per heavy atom. The summed E-state index contributed by atoms with van der Waals surface area (Å²) < 4.78 is 27.3. The molecule has 1 aliphatic heterocycles. The smallest absolute Gasteiger partial charge is 0.274 e. The lowest BCUT2D eigenvalue weighted by atomic mass is 9.97. The lowest BCUT2D eigenvalue weighted by Gasteiger charge is -2.30. The summed E-state index contributed by atoms with van der Waals surface area (Å²) in [5.74, 6) is -0.806. The molecule has 11 nitrogen and oxygen atoms in total. The minimum atomic E-state index is -3.95. The number of carbonyl (C=O) groups excluding carboxylic acids is 1. The van der Waals surface area contributed by atoms with Gasteiger partial charge in [0.1, 0.15) is 0 Å². The van der Waals surface area contributed by atoms with Gasteiger partial charge < -0.3 is 5.32 Å². The van der Waals surface area contributed by atoms with Crippen molar-refractivity contribution in [2.45, 2.75) is 31.6 Å². The number of carbonyl (C=O) groups is 1. The second-order valence-corrected chi connectivity index (χ2v) is 9.54. The minimum absolute atomic E-state index is 0.0800. The van der Waals surface area contributed by atoms with Crippen LogP contribution in [0.5, 0.6) is 0 Å². The molecule has 12 heteroatoms. The fourth-order valence-corrected chi connectivity index (χ4v) is 5.32. The van der Waals surface area contributed by atoms with Crippen molar-refractivity contribution in [3.63, 3.8) is 0 Å². The predicted molar refractivity (Wildman–Crippen MR) is 116 cm³/mol. The first-order valence-corrected chi connectivity index (χ1v) is 11.3. The van der Waals surface area contributed by atoms with E-state index in [-0.39, 0.29) is 48.1 Å². The second-order valence-electron chi connectivity index (χ2n) is 7.63. The van der Waals surface area contributed by atoms with E-state index in [1.54, 1.807) is 26.0 Å². The van der Waals surface area contributed by atoms with E-state index in [2.05, 4.69) is 5.32 Å². The van der Waals surface area contributed by atoms with Crippen molar-refractivity contribution in [1.82, 2.24) is 4.31 Å². The Hall–Kier alpha value is -3.38. The third-order valence-corrected chi connectivity index (χ3v) is 7.54. The van der Waals surface area contributed by atoms with Gasteiger partial charge in [0.15, 0.2) is 0 Å². The number of piperidine rings is 1. The van der Waals surface area contributed by atoms with E-state index in [4.69, 9.17) is 0 Å². The largest absolute Gasteiger partial charge is 0.326 e. The van der Waals surface area contributed by atoms with Crippen molar-refractivity contribution in [1.29, 1.82) is 0 Å². The molecule has 1 heterocycles. The van der Waals surface area contributed by atoms with Crippen LogP contribution in [-0.4, -0.2) is 41.6 Å². The Morgan fingerprint density at radius 3 is 2.22 bits per heavy atom. The molecule has 0 atom stereocenters. The number of nitrogens with one attached hydrogen (secondary N) is 1. The first-order chi connectivity index (χ1) is 15.0. The molecule has 2 aromatic carbocycles. The number of nitro groups is 2. The highest BCUT2D eigenvalue weighted by molar-refractivity contribution is 7.89. The maximum atomic E-state index is 13.0. The maximum absolute atomic E-state index is 13.0. The summed E-state index contributed by atoms with van der Waals surface area (Å²) in [7, 11) is -3.95. The van der Waals surface area contributed by atoms with E-state index >= 15 is 0 Å². The van der Waals surface area contributed by atoms with Gasteiger partial charge in [0.25, 0.3) is 11.4 Å². The Balaban J connectivity index is 1.69. The van der Waals surface area contributed by atoms with Gasteiger partial charge in [-0.1, -0.05) is 12.1 Å². The van der Waals surface area contributed by atoms with Gasteiger partial charge in [0.2, 0.25) is 15.9 Å². The van der Waals surface area contributed by atoms with Crippen LogP contribution in [0.25, 0.3) is 0 Å². The van der Waals surface area contributed by atoms with E-state index in [9.17, 15) is 33.4 Å². The van der Waals surface area contributed by atoms with Crippen LogP contribution in [0.4, 0.5) is 17.1 Å². The van der Waals surface area contributed by atoms with Crippen molar-refractivity contribution < 1.29 is 23.1 Å². The average molecular weight is 462 g/mol. The molecule has 1 saturated heterocycles. The molecule has 2 aromatic rings. The van der Waals surface area contributed by atoms with Crippen LogP contribution in [0.2, 0.25) is 0 Å². The van der Waals surface area contributed by atoms with Gasteiger partial charge in [0.05, 0.1) is 14.7 Å². The van der Waals surface area contributed by atoms with E-state index in [0.29, 0.717) is 16.8 Å². The molecule has 1 N–H and O–H groups in total. The van der Waals surface area contributed by atoms with Crippen LogP contribution in [-0.2, 0) is 14.8 Å². The SMILES string of the molecule is Cc1ccc(NC(=O)C2CCN(S(=O)(=O)c3cc([N+](=O)[O-])ccc3C)CC2)cc1[N+](=O)[O-]. The van der Waals surface area contributed by atoms with Crippen LogP contribution >= 0.6 is 0 Å². The molecular formula is C20H22N4O7S. The molecule has 0 bridgehead atoms. The fraction of sp³-hybridized carbons (Fsp3) is 0.350. The number of aryl methyl sites for hydroxylation is 2. The number of nitro benzene ring substituents is 2. The summed E-state index contributed by atoms with van der Waals surface area (Å²) in [6, 6.07) is 8.10. The van der Waals surface area contributed by atoms with E-state index in [0.717, 1.165) is 6.07 Å². The van der Waals surface area contributed by atoms with Gasteiger partial charge in [-0.05, 0) is 38.3 Å². The number of hydrogen-bond acceptors (Lipinski definition) is 7. The fourth-order valence-electron chi connectivity index (χ4n) is 3.61. The van der Waals surface area contributed by atoms with Gasteiger partial charge >= 0.3 is 0 Å². The highest BCUT2D eigenvalue weighted by Crippen LogP contribution is 2.29. The van der Waals surface area contributed by atoms with Gasteiger partial charge in [-0.15, -0.1) is 0 Å². The van der Waals surface area contributed by atoms with Crippen molar-refractivity contribution in [3.8, 4) is 0 Å². The third kappa shape index (κ3) is 4.75.